The van der Waals surface area contributed by atoms with Crippen molar-refractivity contribution in [3.8, 4) is 5.69 Å². The lowest BCUT2D eigenvalue weighted by molar-refractivity contribution is -0.0585. The lowest BCUT2D eigenvalue weighted by Crippen LogP contribution is -2.33. The molecule has 7 nitrogen and oxygen atoms in total. The second-order valence-corrected chi connectivity index (χ2v) is 4.88. The SMILES string of the molecule is CCOC(=O)N/N=C(/c1c(C)[nH]n(-c2ccccc2)c1=O)C(F)(F)F. The molecule has 0 aliphatic heterocycles. The summed E-state index contributed by atoms with van der Waals surface area (Å²) in [6.07, 6.45) is -6.11. The quantitative estimate of drug-likeness (QED) is 0.652. The highest BCUT2D eigenvalue weighted by Crippen LogP contribution is 2.22. The van der Waals surface area contributed by atoms with Gasteiger partial charge in [-0.3, -0.25) is 9.89 Å². The Morgan fingerprint density at radius 2 is 1.96 bits per heavy atom. The van der Waals surface area contributed by atoms with Gasteiger partial charge in [0.25, 0.3) is 5.56 Å². The van der Waals surface area contributed by atoms with Crippen molar-refractivity contribution in [3.63, 3.8) is 0 Å². The average Bonchev–Trinajstić information content (AvgIpc) is 2.83. The van der Waals surface area contributed by atoms with Crippen molar-refractivity contribution in [2.24, 2.45) is 5.10 Å². The van der Waals surface area contributed by atoms with Crippen LogP contribution in [0.1, 0.15) is 18.2 Å². The number of alkyl halides is 3. The Hall–Kier alpha value is -3.04. The highest BCUT2D eigenvalue weighted by molar-refractivity contribution is 6.05. The summed E-state index contributed by atoms with van der Waals surface area (Å²) in [5.41, 5.74) is -1.19. The van der Waals surface area contributed by atoms with E-state index in [1.807, 2.05) is 0 Å². The fourth-order valence-corrected chi connectivity index (χ4v) is 2.11. The number of ether oxygens (including phenoxy) is 1. The van der Waals surface area contributed by atoms with Crippen LogP contribution in [0.3, 0.4) is 0 Å². The smallest absolute Gasteiger partial charge is 0.435 e. The average molecular weight is 356 g/mol. The Kier molecular flexibility index (Phi) is 5.30. The van der Waals surface area contributed by atoms with E-state index >= 15 is 0 Å². The molecule has 0 saturated heterocycles. The largest absolute Gasteiger partial charge is 0.449 e. The predicted octanol–water partition coefficient (Wildman–Crippen LogP) is 2.49. The third-order valence-electron chi connectivity index (χ3n) is 3.13. The standard InChI is InChI=1S/C15H15F3N4O3/c1-3-25-14(24)20-19-12(15(16,17)18)11-9(2)21-22(13(11)23)10-7-5-4-6-8-10/h4-8,21H,3H2,1-2H3,(H,20,24)/b19-12-. The molecule has 0 aliphatic carbocycles. The maximum atomic E-state index is 13.3. The van der Waals surface area contributed by atoms with E-state index < -0.39 is 29.1 Å². The van der Waals surface area contributed by atoms with E-state index in [1.54, 1.807) is 35.8 Å². The zero-order chi connectivity index (χ0) is 18.6. The first-order valence-electron chi connectivity index (χ1n) is 7.20. The Bertz CT molecular complexity index is 838. The molecule has 2 rings (SSSR count). The number of carbonyl (C=O) groups excluding carboxylic acids is 1. The molecule has 1 aromatic heterocycles. The third-order valence-corrected chi connectivity index (χ3v) is 3.13. The van der Waals surface area contributed by atoms with Crippen LogP contribution in [0.25, 0.3) is 5.69 Å². The lowest BCUT2D eigenvalue weighted by Gasteiger charge is -2.09. The van der Waals surface area contributed by atoms with Gasteiger partial charge in [0.15, 0.2) is 5.71 Å². The van der Waals surface area contributed by atoms with Crippen LogP contribution >= 0.6 is 0 Å². The van der Waals surface area contributed by atoms with E-state index in [4.69, 9.17) is 0 Å². The van der Waals surface area contributed by atoms with Gasteiger partial charge in [0.05, 0.1) is 17.9 Å². The molecule has 0 aliphatic rings. The molecule has 2 aromatic rings. The van der Waals surface area contributed by atoms with Gasteiger partial charge in [-0.15, -0.1) is 0 Å². The number of carbonyl (C=O) groups is 1. The number of nitrogens with zero attached hydrogens (tertiary/aromatic N) is 2. The number of hydrogen-bond acceptors (Lipinski definition) is 4. The van der Waals surface area contributed by atoms with E-state index in [-0.39, 0.29) is 12.3 Å². The number of hydrazone groups is 1. The van der Waals surface area contributed by atoms with Crippen molar-refractivity contribution in [1.29, 1.82) is 0 Å². The van der Waals surface area contributed by atoms with Gasteiger partial charge in [0.2, 0.25) is 0 Å². The number of H-pyrrole nitrogens is 1. The fourth-order valence-electron chi connectivity index (χ4n) is 2.11. The molecule has 0 spiro atoms. The second kappa shape index (κ2) is 7.24. The van der Waals surface area contributed by atoms with Gasteiger partial charge in [-0.25, -0.2) is 14.9 Å². The minimum absolute atomic E-state index is 0.0350. The fraction of sp³-hybridized carbons (Fsp3) is 0.267. The van der Waals surface area contributed by atoms with Crippen LogP contribution in [0, 0.1) is 6.92 Å². The molecule has 1 heterocycles. The Labute approximate surface area is 140 Å². The molecule has 0 radical (unpaired) electrons. The zero-order valence-corrected chi connectivity index (χ0v) is 13.3. The molecule has 134 valence electrons. The summed E-state index contributed by atoms with van der Waals surface area (Å²) in [5.74, 6) is 0. The van der Waals surface area contributed by atoms with Gasteiger partial charge >= 0.3 is 12.3 Å². The summed E-state index contributed by atoms with van der Waals surface area (Å²) in [4.78, 5) is 23.7. The van der Waals surface area contributed by atoms with Crippen molar-refractivity contribution in [2.45, 2.75) is 20.0 Å². The minimum Gasteiger partial charge on any atom is -0.449 e. The van der Waals surface area contributed by atoms with E-state index in [2.05, 4.69) is 14.9 Å². The number of benzene rings is 1. The number of halogens is 3. The van der Waals surface area contributed by atoms with Gasteiger partial charge in [0, 0.05) is 5.69 Å². The molecular formula is C15H15F3N4O3. The Morgan fingerprint density at radius 1 is 1.32 bits per heavy atom. The summed E-state index contributed by atoms with van der Waals surface area (Å²) in [6.45, 7) is 2.76. The summed E-state index contributed by atoms with van der Waals surface area (Å²) in [6, 6.07) is 8.10. The first kappa shape index (κ1) is 18.3. The van der Waals surface area contributed by atoms with Crippen molar-refractivity contribution < 1.29 is 22.7 Å². The number of para-hydroxylation sites is 1. The van der Waals surface area contributed by atoms with Gasteiger partial charge < -0.3 is 4.74 Å². The molecule has 0 saturated carbocycles. The normalized spacial score (nSPS) is 12.1. The summed E-state index contributed by atoms with van der Waals surface area (Å²) in [5, 5.41) is 5.62. The predicted molar refractivity (Wildman–Crippen MR) is 83.9 cm³/mol. The zero-order valence-electron chi connectivity index (χ0n) is 13.3. The van der Waals surface area contributed by atoms with Gasteiger partial charge in [-0.2, -0.15) is 18.3 Å². The molecule has 2 N–H and O–H groups in total. The van der Waals surface area contributed by atoms with E-state index in [0.717, 1.165) is 4.68 Å². The van der Waals surface area contributed by atoms with Crippen molar-refractivity contribution >= 4 is 11.8 Å². The number of aromatic nitrogens is 2. The van der Waals surface area contributed by atoms with Crippen molar-refractivity contribution in [2.75, 3.05) is 6.61 Å². The molecule has 10 heteroatoms. The van der Waals surface area contributed by atoms with Crippen LogP contribution in [0.5, 0.6) is 0 Å². The molecule has 0 unspecified atom stereocenters. The van der Waals surface area contributed by atoms with Gasteiger partial charge in [-0.1, -0.05) is 18.2 Å². The number of aromatic amines is 1. The van der Waals surface area contributed by atoms with Crippen LogP contribution in [0.2, 0.25) is 0 Å². The monoisotopic (exact) mass is 356 g/mol. The van der Waals surface area contributed by atoms with Crippen molar-refractivity contribution in [1.82, 2.24) is 15.2 Å². The third kappa shape index (κ3) is 4.08. The van der Waals surface area contributed by atoms with Gasteiger partial charge in [0.1, 0.15) is 0 Å². The maximum Gasteiger partial charge on any atom is 0.435 e. The summed E-state index contributed by atoms with van der Waals surface area (Å²) in [7, 11) is 0. The summed E-state index contributed by atoms with van der Waals surface area (Å²) < 4.78 is 45.4. The van der Waals surface area contributed by atoms with E-state index in [1.165, 1.54) is 13.8 Å². The van der Waals surface area contributed by atoms with Gasteiger partial charge in [-0.05, 0) is 26.0 Å². The molecule has 1 aromatic carbocycles. The van der Waals surface area contributed by atoms with Crippen LogP contribution in [-0.4, -0.2) is 34.4 Å². The topological polar surface area (TPSA) is 88.5 Å². The number of aryl methyl sites for hydroxylation is 1. The molecule has 0 fully saturated rings. The highest BCUT2D eigenvalue weighted by atomic mass is 19.4. The Balaban J connectivity index is 2.52. The summed E-state index contributed by atoms with van der Waals surface area (Å²) >= 11 is 0. The van der Waals surface area contributed by atoms with Crippen molar-refractivity contribution in [3.05, 3.63) is 51.9 Å². The Morgan fingerprint density at radius 3 is 2.52 bits per heavy atom. The molecule has 0 atom stereocenters. The highest BCUT2D eigenvalue weighted by Gasteiger charge is 2.41. The van der Waals surface area contributed by atoms with Crippen LogP contribution in [-0.2, 0) is 4.74 Å². The number of hydrogen-bond donors (Lipinski definition) is 2. The van der Waals surface area contributed by atoms with Crippen LogP contribution < -0.4 is 11.0 Å². The molecule has 0 bridgehead atoms. The molecule has 25 heavy (non-hydrogen) atoms. The van der Waals surface area contributed by atoms with E-state index in [0.29, 0.717) is 5.69 Å². The second-order valence-electron chi connectivity index (χ2n) is 4.88. The minimum atomic E-state index is -4.96. The number of amides is 1. The first-order valence-corrected chi connectivity index (χ1v) is 7.20. The van der Waals surface area contributed by atoms with Crippen LogP contribution in [0.4, 0.5) is 18.0 Å². The van der Waals surface area contributed by atoms with Crippen LogP contribution in [0.15, 0.2) is 40.2 Å². The molecular weight excluding hydrogens is 341 g/mol. The lowest BCUT2D eigenvalue weighted by atomic mass is 10.1. The number of nitrogens with one attached hydrogen (secondary N) is 2. The molecule has 1 amide bonds. The first-order chi connectivity index (χ1) is 11.8. The number of rotatable bonds is 4. The maximum absolute atomic E-state index is 13.3. The van der Waals surface area contributed by atoms with E-state index in [9.17, 15) is 22.8 Å².